The first-order valence-corrected chi connectivity index (χ1v) is 14.9. The molecule has 2 aliphatic rings. The fourth-order valence-corrected chi connectivity index (χ4v) is 4.98. The minimum absolute atomic E-state index is 0.0554. The number of hydrogen-bond donors (Lipinski definition) is 1. The molecule has 1 unspecified atom stereocenters. The van der Waals surface area contributed by atoms with E-state index < -0.39 is 6.10 Å². The monoisotopic (exact) mass is 562 g/mol. The van der Waals surface area contributed by atoms with Crippen molar-refractivity contribution in [3.05, 3.63) is 53.6 Å². The van der Waals surface area contributed by atoms with E-state index in [9.17, 15) is 9.59 Å². The molecule has 8 nitrogen and oxygen atoms in total. The maximum Gasteiger partial charge on any atom is 0.265 e. The molecule has 222 valence electrons. The second-order valence-electron chi connectivity index (χ2n) is 12.2. The number of amides is 2. The zero-order chi connectivity index (χ0) is 29.8. The lowest BCUT2D eigenvalue weighted by Gasteiger charge is -2.31. The number of hydrazone groups is 1. The Hall–Kier alpha value is -3.39. The van der Waals surface area contributed by atoms with Gasteiger partial charge in [-0.2, -0.15) is 10.1 Å². The number of anilines is 2. The van der Waals surface area contributed by atoms with Gasteiger partial charge in [-0.15, -0.1) is 0 Å². The van der Waals surface area contributed by atoms with Crippen LogP contribution >= 0.6 is 0 Å². The van der Waals surface area contributed by atoms with E-state index in [1.54, 1.807) is 24.3 Å². The first-order chi connectivity index (χ1) is 19.5. The lowest BCUT2D eigenvalue weighted by atomic mass is 9.76. The molecule has 0 saturated carbocycles. The molecular weight excluding hydrogens is 516 g/mol. The van der Waals surface area contributed by atoms with Gasteiger partial charge in [0, 0.05) is 24.3 Å². The molecule has 2 aromatic carbocycles. The van der Waals surface area contributed by atoms with Gasteiger partial charge in [0.15, 0.2) is 6.10 Å². The molecular formula is C33H46N4O4. The minimum atomic E-state index is -0.646. The van der Waals surface area contributed by atoms with E-state index in [1.807, 2.05) is 13.0 Å². The van der Waals surface area contributed by atoms with Crippen LogP contribution in [0.5, 0.6) is 5.75 Å². The fraction of sp³-hybridized carbons (Fsp3) is 0.545. The molecule has 2 aliphatic heterocycles. The molecule has 0 spiro atoms. The number of ether oxygens (including phenoxy) is 2. The predicted octanol–water partition coefficient (Wildman–Crippen LogP) is 6.24. The predicted molar refractivity (Wildman–Crippen MR) is 165 cm³/mol. The third kappa shape index (κ3) is 6.92. The molecule has 2 aromatic rings. The highest BCUT2D eigenvalue weighted by Gasteiger charge is 2.31. The second-order valence-corrected chi connectivity index (χ2v) is 12.2. The SMILES string of the molecule is CCC(Oc1ccc(C(C)(C)CC)cc1C(C)(C)CC)C(=O)Nc1ccc(N2N=C(N3CCOCC3)CC2=O)cc1. The van der Waals surface area contributed by atoms with Gasteiger partial charge in [0.1, 0.15) is 11.6 Å². The summed E-state index contributed by atoms with van der Waals surface area (Å²) in [7, 11) is 0. The molecule has 41 heavy (non-hydrogen) atoms. The van der Waals surface area contributed by atoms with Gasteiger partial charge in [0.25, 0.3) is 11.8 Å². The Bertz CT molecular complexity index is 1260. The van der Waals surface area contributed by atoms with E-state index in [2.05, 4.69) is 69.0 Å². The van der Waals surface area contributed by atoms with Crippen molar-refractivity contribution in [1.29, 1.82) is 0 Å². The van der Waals surface area contributed by atoms with E-state index in [0.29, 0.717) is 31.0 Å². The largest absolute Gasteiger partial charge is 0.480 e. The van der Waals surface area contributed by atoms with E-state index in [4.69, 9.17) is 9.47 Å². The van der Waals surface area contributed by atoms with Crippen molar-refractivity contribution >= 4 is 29.0 Å². The summed E-state index contributed by atoms with van der Waals surface area (Å²) >= 11 is 0. The number of benzene rings is 2. The molecule has 8 heteroatoms. The van der Waals surface area contributed by atoms with E-state index in [0.717, 1.165) is 43.1 Å². The summed E-state index contributed by atoms with van der Waals surface area (Å²) in [4.78, 5) is 28.1. The maximum absolute atomic E-state index is 13.3. The third-order valence-electron chi connectivity index (χ3n) is 8.71. The summed E-state index contributed by atoms with van der Waals surface area (Å²) in [5, 5.41) is 9.00. The summed E-state index contributed by atoms with van der Waals surface area (Å²) in [6.07, 6.45) is 2.14. The molecule has 1 fully saturated rings. The summed E-state index contributed by atoms with van der Waals surface area (Å²) in [6.45, 7) is 18.1. The van der Waals surface area contributed by atoms with Crippen molar-refractivity contribution < 1.29 is 19.1 Å². The molecule has 0 radical (unpaired) electrons. The molecule has 0 aliphatic carbocycles. The van der Waals surface area contributed by atoms with Crippen molar-refractivity contribution in [3.8, 4) is 5.75 Å². The quantitative estimate of drug-likeness (QED) is 0.371. The highest BCUT2D eigenvalue weighted by molar-refractivity contribution is 6.12. The van der Waals surface area contributed by atoms with Gasteiger partial charge >= 0.3 is 0 Å². The summed E-state index contributed by atoms with van der Waals surface area (Å²) in [6, 6.07) is 13.6. The Morgan fingerprint density at radius 3 is 2.27 bits per heavy atom. The number of nitrogens with one attached hydrogen (secondary N) is 1. The molecule has 2 heterocycles. The van der Waals surface area contributed by atoms with Crippen LogP contribution in [0.2, 0.25) is 0 Å². The van der Waals surface area contributed by atoms with Crippen LogP contribution in [0.3, 0.4) is 0 Å². The smallest absolute Gasteiger partial charge is 0.265 e. The number of carbonyl (C=O) groups excluding carboxylic acids is 2. The topological polar surface area (TPSA) is 83.5 Å². The molecule has 2 amide bonds. The Kier molecular flexibility index (Phi) is 9.42. The lowest BCUT2D eigenvalue weighted by molar-refractivity contribution is -0.123. The van der Waals surface area contributed by atoms with Crippen LogP contribution in [0.1, 0.15) is 85.3 Å². The van der Waals surface area contributed by atoms with Gasteiger partial charge in [0.05, 0.1) is 25.3 Å². The van der Waals surface area contributed by atoms with Gasteiger partial charge in [0.2, 0.25) is 0 Å². The van der Waals surface area contributed by atoms with Crippen LogP contribution in [0.4, 0.5) is 11.4 Å². The summed E-state index contributed by atoms with van der Waals surface area (Å²) in [5.74, 6) is 1.26. The number of hydrogen-bond acceptors (Lipinski definition) is 6. The Labute approximate surface area is 245 Å². The van der Waals surface area contributed by atoms with Gasteiger partial charge in [-0.3, -0.25) is 9.59 Å². The first-order valence-electron chi connectivity index (χ1n) is 14.9. The van der Waals surface area contributed by atoms with Crippen molar-refractivity contribution in [2.75, 3.05) is 36.6 Å². The molecule has 1 saturated heterocycles. The average Bonchev–Trinajstić information content (AvgIpc) is 3.38. The number of nitrogens with zero attached hydrogens (tertiary/aromatic N) is 3. The normalized spacial score (nSPS) is 17.0. The van der Waals surface area contributed by atoms with Gasteiger partial charge in [-0.05, 0) is 66.0 Å². The minimum Gasteiger partial charge on any atom is -0.480 e. The van der Waals surface area contributed by atoms with E-state index in [1.165, 1.54) is 10.6 Å². The summed E-state index contributed by atoms with van der Waals surface area (Å²) in [5.41, 5.74) is 3.66. The number of rotatable bonds is 10. The van der Waals surface area contributed by atoms with Crippen LogP contribution in [0, 0.1) is 0 Å². The Morgan fingerprint density at radius 1 is 1.00 bits per heavy atom. The third-order valence-corrected chi connectivity index (χ3v) is 8.71. The van der Waals surface area contributed by atoms with Crippen LogP contribution < -0.4 is 15.1 Å². The molecule has 0 aromatic heterocycles. The first kappa shape index (κ1) is 30.6. The standard InChI is InChI=1S/C33H46N4O4/c1-8-27(41-28-16-11-23(32(4,5)9-2)21-26(28)33(6,7)10-3)31(39)34-24-12-14-25(15-13-24)37-30(38)22-29(35-37)36-17-19-40-20-18-36/h11-16,21,27H,8-10,17-20,22H2,1-7H3,(H,34,39). The van der Waals surface area contributed by atoms with Crippen molar-refractivity contribution in [2.24, 2.45) is 5.10 Å². The van der Waals surface area contributed by atoms with Gasteiger partial charge in [-0.25, -0.2) is 0 Å². The van der Waals surface area contributed by atoms with E-state index >= 15 is 0 Å². The molecule has 0 bridgehead atoms. The number of carbonyl (C=O) groups is 2. The molecule has 1 N–H and O–H groups in total. The highest BCUT2D eigenvalue weighted by atomic mass is 16.5. The van der Waals surface area contributed by atoms with Crippen LogP contribution in [-0.2, 0) is 25.2 Å². The summed E-state index contributed by atoms with van der Waals surface area (Å²) < 4.78 is 11.8. The second kappa shape index (κ2) is 12.6. The zero-order valence-corrected chi connectivity index (χ0v) is 25.8. The van der Waals surface area contributed by atoms with Crippen LogP contribution in [0.25, 0.3) is 0 Å². The van der Waals surface area contributed by atoms with Gasteiger partial charge < -0.3 is 19.7 Å². The average molecular weight is 563 g/mol. The van der Waals surface area contributed by atoms with E-state index in [-0.39, 0.29) is 29.1 Å². The van der Waals surface area contributed by atoms with Gasteiger partial charge in [-0.1, -0.05) is 60.6 Å². The number of amidine groups is 1. The molecule has 1 atom stereocenters. The Balaban J connectivity index is 1.47. The highest BCUT2D eigenvalue weighted by Crippen LogP contribution is 2.39. The lowest BCUT2D eigenvalue weighted by Crippen LogP contribution is -2.40. The van der Waals surface area contributed by atoms with Crippen molar-refractivity contribution in [2.45, 2.75) is 91.1 Å². The number of morpholine rings is 1. The van der Waals surface area contributed by atoms with Crippen LogP contribution in [0.15, 0.2) is 47.6 Å². The molecule has 4 rings (SSSR count). The van der Waals surface area contributed by atoms with Crippen molar-refractivity contribution in [3.63, 3.8) is 0 Å². The Morgan fingerprint density at radius 2 is 1.66 bits per heavy atom. The fourth-order valence-electron chi connectivity index (χ4n) is 4.98. The van der Waals surface area contributed by atoms with Crippen molar-refractivity contribution in [1.82, 2.24) is 4.90 Å². The maximum atomic E-state index is 13.3. The zero-order valence-electron chi connectivity index (χ0n) is 25.8. The van der Waals surface area contributed by atoms with Crippen LogP contribution in [-0.4, -0.2) is 55.0 Å².